The van der Waals surface area contributed by atoms with E-state index in [2.05, 4.69) is 131 Å². The van der Waals surface area contributed by atoms with Gasteiger partial charge in [0.1, 0.15) is 0 Å². The second-order valence-corrected chi connectivity index (χ2v) is 11.7. The fraction of sp³-hybridized carbons (Fsp3) is 0.0571. The van der Waals surface area contributed by atoms with Gasteiger partial charge in [-0.05, 0) is 76.5 Å². The Kier molecular flexibility index (Phi) is 5.16. The standard InChI is InChI=1S/C35H23BrClN3/c1-19-17-28-29(18-20(19)2)39-35(38-28)40(30-16-14-22-12-11-21-13-15-27(36)32(30)31(21)22)34-26-10-6-4-8-24(26)23-7-3-5-9-25(23)33(34)37/h3-18H,1-2H3,(H,38,39). The third kappa shape index (κ3) is 3.33. The first-order valence-corrected chi connectivity index (χ1v) is 14.5. The molecule has 0 fully saturated rings. The van der Waals surface area contributed by atoms with Crippen LogP contribution in [0, 0.1) is 13.8 Å². The Morgan fingerprint density at radius 2 is 1.35 bits per heavy atom. The summed E-state index contributed by atoms with van der Waals surface area (Å²) in [6.07, 6.45) is 4.37. The van der Waals surface area contributed by atoms with E-state index in [1.165, 1.54) is 27.6 Å². The second kappa shape index (κ2) is 8.69. The van der Waals surface area contributed by atoms with Crippen molar-refractivity contribution in [1.82, 2.24) is 9.97 Å². The van der Waals surface area contributed by atoms with E-state index in [9.17, 15) is 0 Å². The molecule has 1 heterocycles. The molecule has 0 spiro atoms. The highest BCUT2D eigenvalue weighted by molar-refractivity contribution is 9.10. The number of fused-ring (bicyclic) bond motifs is 4. The Hall–Kier alpha value is -4.12. The Balaban J connectivity index is 1.55. The van der Waals surface area contributed by atoms with Gasteiger partial charge in [0.15, 0.2) is 0 Å². The molecule has 0 aliphatic heterocycles. The maximum atomic E-state index is 7.42. The monoisotopic (exact) mass is 599 g/mol. The number of rotatable bonds is 3. The number of aromatic amines is 1. The summed E-state index contributed by atoms with van der Waals surface area (Å²) in [4.78, 5) is 11.0. The maximum absolute atomic E-state index is 7.42. The van der Waals surface area contributed by atoms with Gasteiger partial charge in [0.25, 0.3) is 0 Å². The Labute approximate surface area is 244 Å². The highest BCUT2D eigenvalue weighted by atomic mass is 79.9. The van der Waals surface area contributed by atoms with Crippen LogP contribution in [0.25, 0.3) is 55.5 Å². The lowest BCUT2D eigenvalue weighted by Gasteiger charge is -2.28. The van der Waals surface area contributed by atoms with Gasteiger partial charge in [-0.15, -0.1) is 0 Å². The van der Waals surface area contributed by atoms with Gasteiger partial charge in [-0.2, -0.15) is 0 Å². The van der Waals surface area contributed by atoms with Crippen molar-refractivity contribution >= 4 is 100 Å². The van der Waals surface area contributed by atoms with Gasteiger partial charge in [-0.3, -0.25) is 4.90 Å². The lowest BCUT2D eigenvalue weighted by molar-refractivity contribution is 1.17. The minimum absolute atomic E-state index is 0.694. The average Bonchev–Trinajstić information content (AvgIpc) is 3.57. The predicted molar refractivity (Wildman–Crippen MR) is 174 cm³/mol. The number of halogens is 2. The summed E-state index contributed by atoms with van der Waals surface area (Å²) in [5, 5.41) is 7.40. The van der Waals surface area contributed by atoms with Gasteiger partial charge in [0.2, 0.25) is 5.95 Å². The molecule has 40 heavy (non-hydrogen) atoms. The van der Waals surface area contributed by atoms with Gasteiger partial charge in [0, 0.05) is 20.6 Å². The van der Waals surface area contributed by atoms with Gasteiger partial charge in [0.05, 0.1) is 27.4 Å². The topological polar surface area (TPSA) is 31.9 Å². The molecule has 3 nitrogen and oxygen atoms in total. The quantitative estimate of drug-likeness (QED) is 0.205. The van der Waals surface area contributed by atoms with Crippen LogP contribution in [-0.4, -0.2) is 9.97 Å². The molecule has 1 aliphatic rings. The normalized spacial score (nSPS) is 12.4. The van der Waals surface area contributed by atoms with Crippen LogP contribution in [-0.2, 0) is 0 Å². The highest BCUT2D eigenvalue weighted by Crippen LogP contribution is 2.50. The van der Waals surface area contributed by atoms with E-state index >= 15 is 0 Å². The summed E-state index contributed by atoms with van der Waals surface area (Å²) in [5.41, 5.74) is 8.69. The molecular weight excluding hydrogens is 578 g/mol. The minimum Gasteiger partial charge on any atom is -0.323 e. The van der Waals surface area contributed by atoms with Crippen molar-refractivity contribution in [3.63, 3.8) is 0 Å². The molecule has 0 radical (unpaired) electrons. The molecule has 0 amide bonds. The fourth-order valence-corrected chi connectivity index (χ4v) is 7.02. The molecule has 0 bridgehead atoms. The Morgan fingerprint density at radius 1 is 0.725 bits per heavy atom. The zero-order chi connectivity index (χ0) is 27.1. The number of hydrogen-bond donors (Lipinski definition) is 1. The van der Waals surface area contributed by atoms with Crippen LogP contribution in [0.5, 0.6) is 0 Å². The van der Waals surface area contributed by atoms with Crippen LogP contribution in [0.15, 0.2) is 89.4 Å². The zero-order valence-corrected chi connectivity index (χ0v) is 24.2. The number of nitrogens with zero attached hydrogens (tertiary/aromatic N) is 2. The molecule has 1 aromatic heterocycles. The second-order valence-electron chi connectivity index (χ2n) is 10.5. The van der Waals surface area contributed by atoms with Gasteiger partial charge in [-0.1, -0.05) is 100 Å². The van der Waals surface area contributed by atoms with Crippen molar-refractivity contribution in [3.8, 4) is 0 Å². The van der Waals surface area contributed by atoms with Crippen molar-refractivity contribution in [1.29, 1.82) is 0 Å². The lowest BCUT2D eigenvalue weighted by atomic mass is 9.98. The van der Waals surface area contributed by atoms with Crippen LogP contribution < -0.4 is 4.90 Å². The first-order chi connectivity index (χ1) is 19.5. The van der Waals surface area contributed by atoms with E-state index in [-0.39, 0.29) is 0 Å². The van der Waals surface area contributed by atoms with E-state index in [1.54, 1.807) is 0 Å². The summed E-state index contributed by atoms with van der Waals surface area (Å²) < 4.78 is 1.03. The molecule has 6 aromatic carbocycles. The van der Waals surface area contributed by atoms with Crippen molar-refractivity contribution in [2.24, 2.45) is 0 Å². The van der Waals surface area contributed by atoms with Crippen molar-refractivity contribution in [3.05, 3.63) is 117 Å². The molecule has 8 rings (SSSR count). The molecule has 7 aromatic rings. The Bertz CT molecular complexity index is 2180. The molecule has 1 N–H and O–H groups in total. The minimum atomic E-state index is 0.694. The summed E-state index contributed by atoms with van der Waals surface area (Å²) in [7, 11) is 0. The summed E-state index contributed by atoms with van der Waals surface area (Å²) in [5.74, 6) is 0.723. The van der Waals surface area contributed by atoms with E-state index in [4.69, 9.17) is 16.6 Å². The third-order valence-corrected chi connectivity index (χ3v) is 9.24. The number of H-pyrrole nitrogens is 1. The van der Waals surface area contributed by atoms with Gasteiger partial charge in [-0.25, -0.2) is 4.98 Å². The molecule has 0 unspecified atom stereocenters. The van der Waals surface area contributed by atoms with Crippen LogP contribution in [0.1, 0.15) is 22.3 Å². The van der Waals surface area contributed by atoms with E-state index in [1.807, 2.05) is 6.07 Å². The summed E-state index contributed by atoms with van der Waals surface area (Å²) in [6.45, 7) is 4.26. The van der Waals surface area contributed by atoms with Crippen LogP contribution in [0.4, 0.5) is 17.3 Å². The van der Waals surface area contributed by atoms with E-state index < -0.39 is 0 Å². The zero-order valence-electron chi connectivity index (χ0n) is 21.9. The molecular formula is C35H23BrClN3. The first kappa shape index (κ1) is 23.7. The number of anilines is 3. The van der Waals surface area contributed by atoms with Crippen LogP contribution >= 0.6 is 27.5 Å². The predicted octanol–water partition coefficient (Wildman–Crippen LogP) is 11.0. The fourth-order valence-electron chi connectivity index (χ4n) is 6.13. The van der Waals surface area contributed by atoms with E-state index in [0.717, 1.165) is 59.8 Å². The number of benzene rings is 6. The number of aryl methyl sites for hydroxylation is 2. The lowest BCUT2D eigenvalue weighted by Crippen LogP contribution is -2.14. The molecule has 0 saturated carbocycles. The van der Waals surface area contributed by atoms with Gasteiger partial charge < -0.3 is 4.98 Å². The summed E-state index contributed by atoms with van der Waals surface area (Å²) >= 11 is 11.3. The number of nitrogens with one attached hydrogen (secondary N) is 1. The van der Waals surface area contributed by atoms with Crippen molar-refractivity contribution in [2.45, 2.75) is 13.8 Å². The summed E-state index contributed by atoms with van der Waals surface area (Å²) in [6, 6.07) is 29.9. The third-order valence-electron chi connectivity index (χ3n) is 8.20. The first-order valence-electron chi connectivity index (χ1n) is 13.3. The van der Waals surface area contributed by atoms with Crippen LogP contribution in [0.3, 0.4) is 0 Å². The Morgan fingerprint density at radius 3 is 2.10 bits per heavy atom. The number of aromatic nitrogens is 2. The van der Waals surface area contributed by atoms with Gasteiger partial charge >= 0.3 is 0 Å². The average molecular weight is 601 g/mol. The SMILES string of the molecule is Cc1cc2nc(N(c3c(Cl)c4ccccc4c4ccccc34)c3ccc4c5c(ccc(Br)c35)C=C4)[nH]c2cc1C. The largest absolute Gasteiger partial charge is 0.323 e. The highest BCUT2D eigenvalue weighted by Gasteiger charge is 2.27. The molecule has 0 saturated heterocycles. The van der Waals surface area contributed by atoms with Crippen molar-refractivity contribution < 1.29 is 0 Å². The molecule has 5 heteroatoms. The number of hydrogen-bond acceptors (Lipinski definition) is 2. The molecule has 192 valence electrons. The van der Waals surface area contributed by atoms with Crippen LogP contribution in [0.2, 0.25) is 5.02 Å². The van der Waals surface area contributed by atoms with E-state index in [0.29, 0.717) is 5.02 Å². The molecule has 1 aliphatic carbocycles. The smallest absolute Gasteiger partial charge is 0.213 e. The number of imidazole rings is 1. The van der Waals surface area contributed by atoms with Crippen molar-refractivity contribution in [2.75, 3.05) is 4.90 Å². The maximum Gasteiger partial charge on any atom is 0.213 e. The molecule has 0 atom stereocenters.